The molecule has 3 N–H and O–H groups in total. The van der Waals surface area contributed by atoms with Crippen molar-refractivity contribution in [1.82, 2.24) is 15.0 Å². The number of carbonyl (C=O) groups excluding carboxylic acids is 2. The van der Waals surface area contributed by atoms with Gasteiger partial charge >= 0.3 is 0 Å². The number of hydrogen-bond acceptors (Lipinski definition) is 7. The lowest BCUT2D eigenvalue weighted by Crippen LogP contribution is -2.32. The zero-order chi connectivity index (χ0) is 22.8. The van der Waals surface area contributed by atoms with Gasteiger partial charge in [-0.05, 0) is 37.1 Å². The summed E-state index contributed by atoms with van der Waals surface area (Å²) in [7, 11) is -3.66. The number of nitrogens with one attached hydrogen (secondary N) is 3. The number of hydrogen-bond donors (Lipinski definition) is 3. The van der Waals surface area contributed by atoms with E-state index in [2.05, 4.69) is 20.3 Å². The van der Waals surface area contributed by atoms with Gasteiger partial charge in [-0.15, -0.1) is 0 Å². The van der Waals surface area contributed by atoms with E-state index in [1.54, 1.807) is 24.4 Å². The number of benzene rings is 1. The lowest BCUT2D eigenvalue weighted by Gasteiger charge is -2.18. The lowest BCUT2D eigenvalue weighted by molar-refractivity contribution is -0.124. The molecule has 11 heteroatoms. The standard InChI is InChI=1S/C21H26N4O6S/c26-20(23-15-21(27)25-16-5-4-9-22-14-16)6-2-1-3-10-24-32(28,29)17-7-8-18-19(13-17)31-12-11-30-18/h4-5,7-9,13-14,24H,1-3,6,10-12,15H2,(H,23,26)(H,25,27). The lowest BCUT2D eigenvalue weighted by atomic mass is 10.2. The van der Waals surface area contributed by atoms with Crippen LogP contribution in [0.2, 0.25) is 0 Å². The zero-order valence-corrected chi connectivity index (χ0v) is 18.3. The summed E-state index contributed by atoms with van der Waals surface area (Å²) in [5.41, 5.74) is 0.561. The summed E-state index contributed by atoms with van der Waals surface area (Å²) < 4.78 is 38.2. The van der Waals surface area contributed by atoms with Crippen molar-refractivity contribution in [2.24, 2.45) is 0 Å². The first-order chi connectivity index (χ1) is 15.4. The van der Waals surface area contributed by atoms with E-state index in [0.29, 0.717) is 49.7 Å². The molecule has 1 aromatic heterocycles. The number of unbranched alkanes of at least 4 members (excludes halogenated alkanes) is 2. The maximum atomic E-state index is 12.4. The Morgan fingerprint density at radius 3 is 2.59 bits per heavy atom. The summed E-state index contributed by atoms with van der Waals surface area (Å²) in [6.07, 6.45) is 5.21. The van der Waals surface area contributed by atoms with Crippen molar-refractivity contribution in [2.45, 2.75) is 30.6 Å². The molecule has 10 nitrogen and oxygen atoms in total. The Bertz CT molecular complexity index is 1030. The minimum Gasteiger partial charge on any atom is -0.486 e. The van der Waals surface area contributed by atoms with Crippen molar-refractivity contribution in [1.29, 1.82) is 0 Å². The zero-order valence-electron chi connectivity index (χ0n) is 17.5. The van der Waals surface area contributed by atoms with Gasteiger partial charge in [-0.3, -0.25) is 14.6 Å². The fraction of sp³-hybridized carbons (Fsp3) is 0.381. The Balaban J connectivity index is 1.29. The molecule has 0 saturated heterocycles. The molecule has 0 bridgehead atoms. The minimum absolute atomic E-state index is 0.116. The van der Waals surface area contributed by atoms with E-state index in [1.807, 2.05) is 0 Å². The van der Waals surface area contributed by atoms with E-state index < -0.39 is 10.0 Å². The van der Waals surface area contributed by atoms with E-state index >= 15 is 0 Å². The smallest absolute Gasteiger partial charge is 0.243 e. The summed E-state index contributed by atoms with van der Waals surface area (Å²) in [6, 6.07) is 7.91. The van der Waals surface area contributed by atoms with Gasteiger partial charge in [-0.25, -0.2) is 13.1 Å². The Morgan fingerprint density at radius 1 is 1.00 bits per heavy atom. The van der Waals surface area contributed by atoms with Crippen LogP contribution in [-0.2, 0) is 19.6 Å². The molecule has 1 aromatic carbocycles. The van der Waals surface area contributed by atoms with Crippen LogP contribution in [0.15, 0.2) is 47.6 Å². The summed E-state index contributed by atoms with van der Waals surface area (Å²) >= 11 is 0. The predicted octanol–water partition coefficient (Wildman–Crippen LogP) is 1.45. The molecular formula is C21H26N4O6S. The first-order valence-electron chi connectivity index (χ1n) is 10.3. The molecule has 2 aromatic rings. The second-order valence-electron chi connectivity index (χ2n) is 7.08. The van der Waals surface area contributed by atoms with Gasteiger partial charge in [0, 0.05) is 25.2 Å². The number of ether oxygens (including phenoxy) is 2. The Kier molecular flexibility index (Phi) is 8.40. The van der Waals surface area contributed by atoms with E-state index in [4.69, 9.17) is 9.47 Å². The van der Waals surface area contributed by atoms with Crippen LogP contribution >= 0.6 is 0 Å². The normalized spacial score (nSPS) is 12.8. The quantitative estimate of drug-likeness (QED) is 0.430. The second-order valence-corrected chi connectivity index (χ2v) is 8.85. The van der Waals surface area contributed by atoms with Crippen LogP contribution in [0.1, 0.15) is 25.7 Å². The highest BCUT2D eigenvalue weighted by Crippen LogP contribution is 2.32. The van der Waals surface area contributed by atoms with E-state index in [1.165, 1.54) is 18.3 Å². The number of pyridine rings is 1. The van der Waals surface area contributed by atoms with E-state index in [-0.39, 0.29) is 36.2 Å². The van der Waals surface area contributed by atoms with Crippen LogP contribution in [-0.4, -0.2) is 51.5 Å². The highest BCUT2D eigenvalue weighted by molar-refractivity contribution is 7.89. The molecule has 0 radical (unpaired) electrons. The summed E-state index contributed by atoms with van der Waals surface area (Å²) in [4.78, 5) is 27.7. The van der Waals surface area contributed by atoms with Gasteiger partial charge in [0.1, 0.15) is 13.2 Å². The van der Waals surface area contributed by atoms with Crippen molar-refractivity contribution in [2.75, 3.05) is 31.6 Å². The van der Waals surface area contributed by atoms with E-state index in [9.17, 15) is 18.0 Å². The molecular weight excluding hydrogens is 436 g/mol. The molecule has 2 amide bonds. The molecule has 1 aliphatic heterocycles. The summed E-state index contributed by atoms with van der Waals surface area (Å²) in [5.74, 6) is 0.380. The van der Waals surface area contributed by atoms with Crippen molar-refractivity contribution in [3.05, 3.63) is 42.7 Å². The molecule has 0 unspecified atom stereocenters. The average molecular weight is 463 g/mol. The number of carbonyl (C=O) groups is 2. The van der Waals surface area contributed by atoms with Gasteiger partial charge in [0.05, 0.1) is 23.3 Å². The molecule has 0 spiro atoms. The highest BCUT2D eigenvalue weighted by Gasteiger charge is 2.19. The molecule has 0 saturated carbocycles. The van der Waals surface area contributed by atoms with Crippen LogP contribution in [0.25, 0.3) is 0 Å². The number of sulfonamides is 1. The fourth-order valence-corrected chi connectivity index (χ4v) is 4.07. The number of aromatic nitrogens is 1. The van der Waals surface area contributed by atoms with Gasteiger partial charge in [-0.1, -0.05) is 6.42 Å². The molecule has 32 heavy (non-hydrogen) atoms. The van der Waals surface area contributed by atoms with Crippen molar-refractivity contribution in [3.8, 4) is 11.5 Å². The molecule has 1 aliphatic rings. The van der Waals surface area contributed by atoms with Crippen LogP contribution in [0.4, 0.5) is 5.69 Å². The number of amides is 2. The highest BCUT2D eigenvalue weighted by atomic mass is 32.2. The predicted molar refractivity (Wildman–Crippen MR) is 117 cm³/mol. The van der Waals surface area contributed by atoms with Crippen LogP contribution in [0.3, 0.4) is 0 Å². The number of fused-ring (bicyclic) bond motifs is 1. The maximum absolute atomic E-state index is 12.4. The van der Waals surface area contributed by atoms with Crippen molar-refractivity contribution >= 4 is 27.5 Å². The van der Waals surface area contributed by atoms with Crippen LogP contribution < -0.4 is 24.8 Å². The van der Waals surface area contributed by atoms with Gasteiger partial charge < -0.3 is 20.1 Å². The molecule has 0 fully saturated rings. The average Bonchev–Trinajstić information content (AvgIpc) is 2.80. The number of rotatable bonds is 11. The molecule has 0 aliphatic carbocycles. The maximum Gasteiger partial charge on any atom is 0.243 e. The summed E-state index contributed by atoms with van der Waals surface area (Å²) in [6.45, 7) is 0.954. The second kappa shape index (κ2) is 11.4. The third-order valence-electron chi connectivity index (χ3n) is 4.59. The number of anilines is 1. The fourth-order valence-electron chi connectivity index (χ4n) is 2.98. The summed E-state index contributed by atoms with van der Waals surface area (Å²) in [5, 5.41) is 5.19. The minimum atomic E-state index is -3.66. The monoisotopic (exact) mass is 462 g/mol. The first-order valence-corrected chi connectivity index (χ1v) is 11.8. The largest absolute Gasteiger partial charge is 0.486 e. The van der Waals surface area contributed by atoms with Crippen molar-refractivity contribution < 1.29 is 27.5 Å². The molecule has 2 heterocycles. The van der Waals surface area contributed by atoms with Crippen LogP contribution in [0.5, 0.6) is 11.5 Å². The SMILES string of the molecule is O=C(CCCCCNS(=O)(=O)c1ccc2c(c1)OCCO2)NCC(=O)Nc1cccnc1. The molecule has 0 atom stereocenters. The number of nitrogens with zero attached hydrogens (tertiary/aromatic N) is 1. The van der Waals surface area contributed by atoms with Gasteiger partial charge in [0.25, 0.3) is 0 Å². The van der Waals surface area contributed by atoms with Gasteiger partial charge in [-0.2, -0.15) is 0 Å². The molecule has 3 rings (SSSR count). The van der Waals surface area contributed by atoms with E-state index in [0.717, 1.165) is 0 Å². The topological polar surface area (TPSA) is 136 Å². The molecule has 172 valence electrons. The van der Waals surface area contributed by atoms with Crippen LogP contribution in [0, 0.1) is 0 Å². The third kappa shape index (κ3) is 7.20. The van der Waals surface area contributed by atoms with Crippen molar-refractivity contribution in [3.63, 3.8) is 0 Å². The third-order valence-corrected chi connectivity index (χ3v) is 6.05. The van der Waals surface area contributed by atoms with Gasteiger partial charge in [0.15, 0.2) is 11.5 Å². The Hall–Kier alpha value is -3.18. The Labute approximate surface area is 186 Å². The Morgan fingerprint density at radius 2 is 1.81 bits per heavy atom. The first kappa shape index (κ1) is 23.5. The van der Waals surface area contributed by atoms with Gasteiger partial charge in [0.2, 0.25) is 21.8 Å².